The SMILES string of the molecule is c1cnc2c(c1)ccc1ccc(-c3ccc(-c4ccc5c(ccc6nc7ccccc7n65)c4)cc3)nc12. The molecule has 4 heterocycles. The standard InChI is InChI=1S/C33H20N4/c1-2-6-30-28(5-1)35-31-18-15-26-20-25(14-17-29(26)37(30)31)21-7-9-22(10-8-21)27-16-13-24-12-11-23-4-3-19-34-32(23)33(24)36-27/h1-20H. The number of rotatable bonds is 2. The lowest BCUT2D eigenvalue weighted by Gasteiger charge is -2.09. The number of aromatic nitrogens is 4. The maximum Gasteiger partial charge on any atom is 0.138 e. The molecule has 4 aromatic carbocycles. The van der Waals surface area contributed by atoms with Crippen LogP contribution >= 0.6 is 0 Å². The van der Waals surface area contributed by atoms with E-state index in [4.69, 9.17) is 9.97 Å². The molecule has 0 saturated heterocycles. The van der Waals surface area contributed by atoms with Gasteiger partial charge in [0.05, 0.1) is 33.3 Å². The maximum atomic E-state index is 4.99. The maximum absolute atomic E-state index is 4.99. The van der Waals surface area contributed by atoms with Gasteiger partial charge in [-0.3, -0.25) is 9.38 Å². The summed E-state index contributed by atoms with van der Waals surface area (Å²) >= 11 is 0. The van der Waals surface area contributed by atoms with Crippen LogP contribution in [0.15, 0.2) is 121 Å². The summed E-state index contributed by atoms with van der Waals surface area (Å²) in [6.07, 6.45) is 1.83. The topological polar surface area (TPSA) is 43.1 Å². The van der Waals surface area contributed by atoms with Gasteiger partial charge in [-0.2, -0.15) is 0 Å². The van der Waals surface area contributed by atoms with Crippen molar-refractivity contribution in [2.45, 2.75) is 0 Å². The van der Waals surface area contributed by atoms with Gasteiger partial charge >= 0.3 is 0 Å². The lowest BCUT2D eigenvalue weighted by molar-refractivity contribution is 1.30. The van der Waals surface area contributed by atoms with E-state index in [0.717, 1.165) is 55.3 Å². The first-order valence-corrected chi connectivity index (χ1v) is 12.4. The molecule has 4 heteroatoms. The Kier molecular flexibility index (Phi) is 4.19. The van der Waals surface area contributed by atoms with E-state index < -0.39 is 0 Å². The highest BCUT2D eigenvalue weighted by Crippen LogP contribution is 2.30. The predicted octanol–water partition coefficient (Wildman–Crippen LogP) is 8.07. The van der Waals surface area contributed by atoms with Crippen molar-refractivity contribution in [2.75, 3.05) is 0 Å². The van der Waals surface area contributed by atoms with Gasteiger partial charge in [-0.25, -0.2) is 9.97 Å². The van der Waals surface area contributed by atoms with Gasteiger partial charge in [-0.15, -0.1) is 0 Å². The molecule has 0 spiro atoms. The van der Waals surface area contributed by atoms with Crippen LogP contribution in [0.4, 0.5) is 0 Å². The van der Waals surface area contributed by atoms with Crippen LogP contribution in [-0.2, 0) is 0 Å². The Morgan fingerprint density at radius 2 is 1.24 bits per heavy atom. The Morgan fingerprint density at radius 3 is 2.16 bits per heavy atom. The summed E-state index contributed by atoms with van der Waals surface area (Å²) < 4.78 is 2.24. The Labute approximate surface area is 212 Å². The van der Waals surface area contributed by atoms with E-state index in [1.54, 1.807) is 0 Å². The van der Waals surface area contributed by atoms with E-state index in [-0.39, 0.29) is 0 Å². The van der Waals surface area contributed by atoms with Crippen LogP contribution in [0.2, 0.25) is 0 Å². The summed E-state index contributed by atoms with van der Waals surface area (Å²) in [6, 6.07) is 40.3. The molecule has 0 amide bonds. The zero-order chi connectivity index (χ0) is 24.3. The minimum Gasteiger partial charge on any atom is -0.292 e. The quantitative estimate of drug-likeness (QED) is 0.239. The predicted molar refractivity (Wildman–Crippen MR) is 152 cm³/mol. The fraction of sp³-hybridized carbons (Fsp3) is 0. The second kappa shape index (κ2) is 7.70. The van der Waals surface area contributed by atoms with E-state index in [2.05, 4.69) is 113 Å². The van der Waals surface area contributed by atoms with Crippen molar-refractivity contribution in [3.8, 4) is 22.4 Å². The van der Waals surface area contributed by atoms with Gasteiger partial charge < -0.3 is 0 Å². The Hall–Kier alpha value is -5.09. The third-order valence-electron chi connectivity index (χ3n) is 7.21. The van der Waals surface area contributed by atoms with Gasteiger partial charge in [-0.05, 0) is 65.0 Å². The summed E-state index contributed by atoms with van der Waals surface area (Å²) in [4.78, 5) is 14.4. The average Bonchev–Trinajstić information content (AvgIpc) is 3.36. The molecule has 0 atom stereocenters. The molecule has 0 unspecified atom stereocenters. The third kappa shape index (κ3) is 3.13. The van der Waals surface area contributed by atoms with Crippen molar-refractivity contribution >= 4 is 49.4 Å². The van der Waals surface area contributed by atoms with Crippen LogP contribution in [0.1, 0.15) is 0 Å². The van der Waals surface area contributed by atoms with Crippen LogP contribution in [0.3, 0.4) is 0 Å². The first kappa shape index (κ1) is 20.1. The molecule has 8 rings (SSSR count). The second-order valence-electron chi connectivity index (χ2n) is 9.39. The average molecular weight is 473 g/mol. The number of imidazole rings is 1. The fourth-order valence-corrected chi connectivity index (χ4v) is 5.36. The molecule has 0 fully saturated rings. The van der Waals surface area contributed by atoms with Crippen molar-refractivity contribution in [1.82, 2.24) is 19.4 Å². The molecule has 172 valence electrons. The highest BCUT2D eigenvalue weighted by Gasteiger charge is 2.10. The lowest BCUT2D eigenvalue weighted by Crippen LogP contribution is -1.90. The molecule has 0 aliphatic heterocycles. The third-order valence-corrected chi connectivity index (χ3v) is 7.21. The fourth-order valence-electron chi connectivity index (χ4n) is 5.36. The summed E-state index contributed by atoms with van der Waals surface area (Å²) in [7, 11) is 0. The van der Waals surface area contributed by atoms with Crippen molar-refractivity contribution in [3.63, 3.8) is 0 Å². The molecular formula is C33H20N4. The van der Waals surface area contributed by atoms with Crippen LogP contribution in [-0.4, -0.2) is 19.4 Å². The first-order chi connectivity index (χ1) is 18.3. The van der Waals surface area contributed by atoms with E-state index in [0.29, 0.717) is 0 Å². The Morgan fingerprint density at radius 1 is 0.486 bits per heavy atom. The van der Waals surface area contributed by atoms with Gasteiger partial charge in [0.25, 0.3) is 0 Å². The number of hydrogen-bond donors (Lipinski definition) is 0. The van der Waals surface area contributed by atoms with Crippen LogP contribution in [0.25, 0.3) is 71.8 Å². The number of benzene rings is 4. The summed E-state index contributed by atoms with van der Waals surface area (Å²) in [5.41, 5.74) is 10.5. The second-order valence-corrected chi connectivity index (χ2v) is 9.39. The number of nitrogens with zero attached hydrogens (tertiary/aromatic N) is 4. The number of pyridine rings is 3. The molecule has 37 heavy (non-hydrogen) atoms. The van der Waals surface area contributed by atoms with Crippen molar-refractivity contribution in [1.29, 1.82) is 0 Å². The Bertz CT molecular complexity index is 2140. The van der Waals surface area contributed by atoms with Crippen molar-refractivity contribution < 1.29 is 0 Å². The minimum absolute atomic E-state index is 0.938. The van der Waals surface area contributed by atoms with Crippen LogP contribution in [0, 0.1) is 0 Å². The molecule has 8 aromatic rings. The molecule has 0 aliphatic carbocycles. The molecule has 0 aliphatic rings. The first-order valence-electron chi connectivity index (χ1n) is 12.4. The number of hydrogen-bond acceptors (Lipinski definition) is 3. The monoisotopic (exact) mass is 472 g/mol. The van der Waals surface area contributed by atoms with Gasteiger partial charge in [0.15, 0.2) is 0 Å². The highest BCUT2D eigenvalue weighted by atomic mass is 15.0. The summed E-state index contributed by atoms with van der Waals surface area (Å²) in [6.45, 7) is 0. The largest absolute Gasteiger partial charge is 0.292 e. The van der Waals surface area contributed by atoms with E-state index in [1.807, 2.05) is 18.3 Å². The van der Waals surface area contributed by atoms with Crippen LogP contribution in [0.5, 0.6) is 0 Å². The normalized spacial score (nSPS) is 11.8. The van der Waals surface area contributed by atoms with Crippen molar-refractivity contribution in [2.24, 2.45) is 0 Å². The van der Waals surface area contributed by atoms with Crippen molar-refractivity contribution in [3.05, 3.63) is 121 Å². The van der Waals surface area contributed by atoms with E-state index in [9.17, 15) is 0 Å². The molecule has 4 nitrogen and oxygen atoms in total. The summed E-state index contributed by atoms with van der Waals surface area (Å²) in [5, 5.41) is 3.39. The van der Waals surface area contributed by atoms with Crippen LogP contribution < -0.4 is 0 Å². The van der Waals surface area contributed by atoms with Gasteiger partial charge in [0.2, 0.25) is 0 Å². The van der Waals surface area contributed by atoms with Gasteiger partial charge in [0, 0.05) is 22.5 Å². The number of fused-ring (bicyclic) bond motifs is 8. The smallest absolute Gasteiger partial charge is 0.138 e. The van der Waals surface area contributed by atoms with E-state index in [1.165, 1.54) is 16.5 Å². The molecule has 0 radical (unpaired) electrons. The minimum atomic E-state index is 0.938. The zero-order valence-corrected chi connectivity index (χ0v) is 19.8. The molecule has 0 saturated carbocycles. The zero-order valence-electron chi connectivity index (χ0n) is 19.8. The van der Waals surface area contributed by atoms with Gasteiger partial charge in [0.1, 0.15) is 5.65 Å². The number of para-hydroxylation sites is 2. The van der Waals surface area contributed by atoms with E-state index >= 15 is 0 Å². The molecule has 0 bridgehead atoms. The molecule has 0 N–H and O–H groups in total. The molecule has 4 aromatic heterocycles. The molecular weight excluding hydrogens is 452 g/mol. The highest BCUT2D eigenvalue weighted by molar-refractivity contribution is 6.03. The lowest BCUT2D eigenvalue weighted by atomic mass is 10.0. The van der Waals surface area contributed by atoms with Gasteiger partial charge in [-0.1, -0.05) is 66.7 Å². The summed E-state index contributed by atoms with van der Waals surface area (Å²) in [5.74, 6) is 0. The Balaban J connectivity index is 1.20.